The van der Waals surface area contributed by atoms with Crippen molar-refractivity contribution in [3.8, 4) is 0 Å². The van der Waals surface area contributed by atoms with Crippen LogP contribution in [0.4, 0.5) is 21.2 Å². The maximum atomic E-state index is 12.3. The first kappa shape index (κ1) is 20.0. The summed E-state index contributed by atoms with van der Waals surface area (Å²) in [5.41, 5.74) is 4.88. The van der Waals surface area contributed by atoms with Crippen molar-refractivity contribution in [1.29, 1.82) is 0 Å². The van der Waals surface area contributed by atoms with E-state index in [2.05, 4.69) is 30.7 Å². The van der Waals surface area contributed by atoms with E-state index in [1.165, 1.54) is 6.21 Å². The van der Waals surface area contributed by atoms with Gasteiger partial charge in [-0.15, -0.1) is 5.10 Å². The number of hydrogen-bond donors (Lipinski definition) is 3. The minimum atomic E-state index is -0.574. The molecule has 1 aromatic heterocycles. The molecule has 0 aliphatic rings. The van der Waals surface area contributed by atoms with Gasteiger partial charge in [0.15, 0.2) is 10.7 Å². The van der Waals surface area contributed by atoms with Gasteiger partial charge in [0.1, 0.15) is 0 Å². The van der Waals surface area contributed by atoms with E-state index in [0.29, 0.717) is 5.69 Å². The Morgan fingerprint density at radius 1 is 1.03 bits per heavy atom. The Kier molecular flexibility index (Phi) is 6.48. The number of benzene rings is 2. The minimum absolute atomic E-state index is 0.0154. The fourth-order valence-electron chi connectivity index (χ4n) is 2.29. The van der Waals surface area contributed by atoms with Gasteiger partial charge in [-0.2, -0.15) is 5.10 Å². The number of nitrogens with one attached hydrogen (secondary N) is 3. The monoisotopic (exact) mass is 409 g/mol. The van der Waals surface area contributed by atoms with Crippen molar-refractivity contribution in [1.82, 2.24) is 15.0 Å². The third kappa shape index (κ3) is 5.59. The van der Waals surface area contributed by atoms with Crippen LogP contribution in [0.25, 0.3) is 0 Å². The molecule has 0 aliphatic heterocycles. The van der Waals surface area contributed by atoms with E-state index in [-0.39, 0.29) is 10.7 Å². The molecule has 0 aliphatic carbocycles. The standard InChI is InChI=1S/C19H19N7O2S/c1-26(2)15-10-8-13(9-11-15)12-20-24-17(27)16-18(29-25-23-16)22-19(28)21-14-6-4-3-5-7-14/h3-12H,1-2H3,(H,24,27)(H2,21,22,28)/b20-12-. The number of anilines is 3. The number of urea groups is 1. The normalized spacial score (nSPS) is 10.6. The van der Waals surface area contributed by atoms with Crippen LogP contribution in [0, 0.1) is 0 Å². The van der Waals surface area contributed by atoms with E-state index < -0.39 is 11.9 Å². The van der Waals surface area contributed by atoms with Crippen molar-refractivity contribution in [2.24, 2.45) is 5.10 Å². The second kappa shape index (κ2) is 9.42. The molecular weight excluding hydrogens is 390 g/mol. The van der Waals surface area contributed by atoms with Crippen molar-refractivity contribution in [2.45, 2.75) is 0 Å². The Balaban J connectivity index is 1.57. The molecule has 148 valence electrons. The van der Waals surface area contributed by atoms with Crippen LogP contribution >= 0.6 is 11.5 Å². The average molecular weight is 409 g/mol. The van der Waals surface area contributed by atoms with Crippen LogP contribution in [0.1, 0.15) is 16.1 Å². The number of amides is 3. The van der Waals surface area contributed by atoms with E-state index >= 15 is 0 Å². The Morgan fingerprint density at radius 3 is 2.45 bits per heavy atom. The van der Waals surface area contributed by atoms with Crippen LogP contribution in [0.2, 0.25) is 0 Å². The van der Waals surface area contributed by atoms with Gasteiger partial charge in [0.05, 0.1) is 6.21 Å². The maximum Gasteiger partial charge on any atom is 0.324 e. The smallest absolute Gasteiger partial charge is 0.324 e. The molecule has 0 unspecified atom stereocenters. The van der Waals surface area contributed by atoms with Gasteiger partial charge in [0.2, 0.25) is 0 Å². The minimum Gasteiger partial charge on any atom is -0.378 e. The number of para-hydroxylation sites is 1. The zero-order valence-electron chi connectivity index (χ0n) is 15.8. The highest BCUT2D eigenvalue weighted by Crippen LogP contribution is 2.18. The quantitative estimate of drug-likeness (QED) is 0.428. The average Bonchev–Trinajstić information content (AvgIpc) is 3.17. The third-order valence-electron chi connectivity index (χ3n) is 3.75. The van der Waals surface area contributed by atoms with Crippen LogP contribution in [0.3, 0.4) is 0 Å². The van der Waals surface area contributed by atoms with Crippen molar-refractivity contribution in [3.05, 3.63) is 65.9 Å². The summed E-state index contributed by atoms with van der Waals surface area (Å²) in [5, 5.41) is 13.2. The second-order valence-electron chi connectivity index (χ2n) is 6.08. The maximum absolute atomic E-state index is 12.3. The molecule has 1 heterocycles. The molecule has 0 bridgehead atoms. The molecule has 0 saturated carbocycles. The lowest BCUT2D eigenvalue weighted by Gasteiger charge is -2.11. The summed E-state index contributed by atoms with van der Waals surface area (Å²) in [6, 6.07) is 16.1. The predicted octanol–water partition coefficient (Wildman–Crippen LogP) is 3.01. The summed E-state index contributed by atoms with van der Waals surface area (Å²) in [7, 11) is 3.91. The van der Waals surface area contributed by atoms with Crippen molar-refractivity contribution < 1.29 is 9.59 Å². The fourth-order valence-corrected chi connectivity index (χ4v) is 2.85. The topological polar surface area (TPSA) is 112 Å². The first-order valence-corrected chi connectivity index (χ1v) is 9.36. The highest BCUT2D eigenvalue weighted by molar-refractivity contribution is 7.10. The Morgan fingerprint density at radius 2 is 1.76 bits per heavy atom. The summed E-state index contributed by atoms with van der Waals surface area (Å²) in [5.74, 6) is -0.574. The molecule has 3 aromatic rings. The molecule has 10 heteroatoms. The van der Waals surface area contributed by atoms with Crippen LogP contribution in [0.15, 0.2) is 59.7 Å². The molecular formula is C19H19N7O2S. The van der Waals surface area contributed by atoms with Crippen LogP contribution in [0.5, 0.6) is 0 Å². The highest BCUT2D eigenvalue weighted by atomic mass is 32.1. The predicted molar refractivity (Wildman–Crippen MR) is 115 cm³/mol. The number of hydrogen-bond acceptors (Lipinski definition) is 7. The molecule has 0 spiro atoms. The van der Waals surface area contributed by atoms with Crippen molar-refractivity contribution in [2.75, 3.05) is 29.6 Å². The number of nitrogens with zero attached hydrogens (tertiary/aromatic N) is 4. The van der Waals surface area contributed by atoms with Crippen LogP contribution in [-0.2, 0) is 0 Å². The van der Waals surface area contributed by atoms with Crippen LogP contribution < -0.4 is 21.0 Å². The summed E-state index contributed by atoms with van der Waals surface area (Å²) >= 11 is 0.900. The van der Waals surface area contributed by atoms with Gasteiger partial charge in [0, 0.05) is 37.0 Å². The van der Waals surface area contributed by atoms with Gasteiger partial charge in [0.25, 0.3) is 5.91 Å². The lowest BCUT2D eigenvalue weighted by molar-refractivity contribution is 0.0951. The molecule has 0 fully saturated rings. The van der Waals surface area contributed by atoms with Crippen molar-refractivity contribution in [3.63, 3.8) is 0 Å². The number of hydrazone groups is 1. The molecule has 0 saturated heterocycles. The van der Waals surface area contributed by atoms with Gasteiger partial charge in [-0.05, 0) is 29.8 Å². The number of aromatic nitrogens is 2. The Hall–Kier alpha value is -3.79. The Bertz CT molecular complexity index is 1000. The van der Waals surface area contributed by atoms with E-state index in [1.807, 2.05) is 49.3 Å². The summed E-state index contributed by atoms with van der Waals surface area (Å²) in [4.78, 5) is 26.4. The molecule has 9 nitrogen and oxygen atoms in total. The van der Waals surface area contributed by atoms with E-state index in [1.54, 1.807) is 24.3 Å². The first-order valence-electron chi connectivity index (χ1n) is 8.59. The zero-order chi connectivity index (χ0) is 20.6. The molecule has 0 atom stereocenters. The second-order valence-corrected chi connectivity index (χ2v) is 6.84. The lowest BCUT2D eigenvalue weighted by atomic mass is 10.2. The molecule has 0 radical (unpaired) electrons. The number of carbonyl (C=O) groups is 2. The van der Waals surface area contributed by atoms with E-state index in [4.69, 9.17) is 0 Å². The third-order valence-corrected chi connectivity index (χ3v) is 4.39. The van der Waals surface area contributed by atoms with Gasteiger partial charge in [-0.1, -0.05) is 34.8 Å². The molecule has 29 heavy (non-hydrogen) atoms. The lowest BCUT2D eigenvalue weighted by Crippen LogP contribution is -2.23. The zero-order valence-corrected chi connectivity index (χ0v) is 16.6. The van der Waals surface area contributed by atoms with Crippen molar-refractivity contribution >= 4 is 46.1 Å². The molecule has 3 rings (SSSR count). The summed E-state index contributed by atoms with van der Waals surface area (Å²) in [6.07, 6.45) is 1.52. The molecule has 2 aromatic carbocycles. The Labute approximate surface area is 171 Å². The molecule has 3 amide bonds. The largest absolute Gasteiger partial charge is 0.378 e. The summed E-state index contributed by atoms with van der Waals surface area (Å²) < 4.78 is 3.73. The SMILES string of the molecule is CN(C)c1ccc(/C=N\NC(=O)c2nnsc2NC(=O)Nc2ccccc2)cc1. The molecule has 3 N–H and O–H groups in total. The first-order chi connectivity index (χ1) is 14.0. The van der Waals surface area contributed by atoms with E-state index in [9.17, 15) is 9.59 Å². The number of rotatable bonds is 6. The van der Waals surface area contributed by atoms with Gasteiger partial charge < -0.3 is 10.2 Å². The van der Waals surface area contributed by atoms with Gasteiger partial charge >= 0.3 is 6.03 Å². The van der Waals surface area contributed by atoms with Gasteiger partial charge in [-0.25, -0.2) is 10.2 Å². The number of carbonyl (C=O) groups excluding carboxylic acids is 2. The fraction of sp³-hybridized carbons (Fsp3) is 0.105. The van der Waals surface area contributed by atoms with E-state index in [0.717, 1.165) is 22.8 Å². The van der Waals surface area contributed by atoms with Gasteiger partial charge in [-0.3, -0.25) is 10.1 Å². The van der Waals surface area contributed by atoms with Crippen LogP contribution in [-0.4, -0.2) is 41.8 Å². The summed E-state index contributed by atoms with van der Waals surface area (Å²) in [6.45, 7) is 0. The highest BCUT2D eigenvalue weighted by Gasteiger charge is 2.18.